The minimum Gasteiger partial charge on any atom is -0.469 e. The van der Waals surface area contributed by atoms with Gasteiger partial charge in [0.15, 0.2) is 0 Å². The molecule has 1 N–H and O–H groups in total. The van der Waals surface area contributed by atoms with Gasteiger partial charge in [0, 0.05) is 26.1 Å². The van der Waals surface area contributed by atoms with E-state index in [4.69, 9.17) is 4.42 Å². The van der Waals surface area contributed by atoms with E-state index in [1.807, 2.05) is 17.0 Å². The van der Waals surface area contributed by atoms with Crippen LogP contribution in [0.25, 0.3) is 0 Å². The van der Waals surface area contributed by atoms with Crippen molar-refractivity contribution in [2.45, 2.75) is 12.8 Å². The summed E-state index contributed by atoms with van der Waals surface area (Å²) in [5, 5.41) is 2.82. The van der Waals surface area contributed by atoms with E-state index in [1.165, 1.54) is 0 Å². The molecule has 0 atom stereocenters. The largest absolute Gasteiger partial charge is 0.469 e. The van der Waals surface area contributed by atoms with Crippen LogP contribution in [0.4, 0.5) is 4.79 Å². The summed E-state index contributed by atoms with van der Waals surface area (Å²) in [6, 6.07) is 3.84. The lowest BCUT2D eigenvalue weighted by Crippen LogP contribution is -2.47. The number of carbonyl (C=O) groups excluding carboxylic acids is 1. The van der Waals surface area contributed by atoms with Crippen LogP contribution in [0.5, 0.6) is 0 Å². The number of carbonyl (C=O) groups is 1. The van der Waals surface area contributed by atoms with Crippen LogP contribution >= 0.6 is 0 Å². The molecule has 2 rings (SSSR count). The second-order valence-corrected chi connectivity index (χ2v) is 3.40. The van der Waals surface area contributed by atoms with Crippen molar-refractivity contribution in [1.29, 1.82) is 0 Å². The molecule has 0 spiro atoms. The molecule has 2 heterocycles. The number of nitrogens with zero attached hydrogens (tertiary/aromatic N) is 1. The lowest BCUT2D eigenvalue weighted by molar-refractivity contribution is 0.186. The van der Waals surface area contributed by atoms with E-state index in [0.29, 0.717) is 0 Å². The Labute approximate surface area is 82.9 Å². The van der Waals surface area contributed by atoms with Gasteiger partial charge in [-0.05, 0) is 18.6 Å². The Kier molecular flexibility index (Phi) is 2.72. The number of hydrogen-bond donors (Lipinski definition) is 1. The second-order valence-electron chi connectivity index (χ2n) is 3.40. The average Bonchev–Trinajstić information content (AvgIpc) is 2.69. The third-order valence-corrected chi connectivity index (χ3v) is 2.38. The Morgan fingerprint density at radius 3 is 3.21 bits per heavy atom. The molecule has 0 radical (unpaired) electrons. The number of amides is 2. The predicted molar refractivity (Wildman–Crippen MR) is 52.0 cm³/mol. The molecule has 1 fully saturated rings. The molecule has 1 aliphatic rings. The van der Waals surface area contributed by atoms with Gasteiger partial charge in [0.2, 0.25) is 0 Å². The van der Waals surface area contributed by atoms with E-state index in [-0.39, 0.29) is 6.03 Å². The zero-order chi connectivity index (χ0) is 9.80. The Hall–Kier alpha value is -1.45. The highest BCUT2D eigenvalue weighted by atomic mass is 16.3. The highest BCUT2D eigenvalue weighted by molar-refractivity contribution is 5.74. The monoisotopic (exact) mass is 194 g/mol. The lowest BCUT2D eigenvalue weighted by Gasteiger charge is -2.26. The third-order valence-electron chi connectivity index (χ3n) is 2.38. The molecule has 0 bridgehead atoms. The van der Waals surface area contributed by atoms with Crippen LogP contribution in [0, 0.1) is 0 Å². The molecule has 2 amide bonds. The molecule has 1 aromatic heterocycles. The number of rotatable bonds is 3. The fourth-order valence-corrected chi connectivity index (χ4v) is 1.59. The standard InChI is InChI=1S/C10H14N2O2/c13-10-11-5-2-6-12(10)7-4-9-3-1-8-14-9/h1,3,8H,2,4-7H2,(H,11,13). The van der Waals surface area contributed by atoms with Gasteiger partial charge in [-0.3, -0.25) is 0 Å². The van der Waals surface area contributed by atoms with Crippen molar-refractivity contribution >= 4 is 6.03 Å². The van der Waals surface area contributed by atoms with Crippen molar-refractivity contribution < 1.29 is 9.21 Å². The van der Waals surface area contributed by atoms with Crippen molar-refractivity contribution in [3.05, 3.63) is 24.2 Å². The number of urea groups is 1. The molecular weight excluding hydrogens is 180 g/mol. The maximum atomic E-state index is 11.3. The van der Waals surface area contributed by atoms with Crippen LogP contribution in [0.15, 0.2) is 22.8 Å². The second kappa shape index (κ2) is 4.17. The van der Waals surface area contributed by atoms with Gasteiger partial charge in [-0.2, -0.15) is 0 Å². The summed E-state index contributed by atoms with van der Waals surface area (Å²) >= 11 is 0. The van der Waals surface area contributed by atoms with Crippen molar-refractivity contribution in [2.24, 2.45) is 0 Å². The minimum absolute atomic E-state index is 0.0443. The third kappa shape index (κ3) is 2.07. The van der Waals surface area contributed by atoms with Crippen LogP contribution < -0.4 is 5.32 Å². The van der Waals surface area contributed by atoms with E-state index in [9.17, 15) is 4.79 Å². The van der Waals surface area contributed by atoms with Crippen LogP contribution in [-0.2, 0) is 6.42 Å². The first-order valence-corrected chi connectivity index (χ1v) is 4.91. The first-order chi connectivity index (χ1) is 6.86. The van der Waals surface area contributed by atoms with Crippen LogP contribution in [-0.4, -0.2) is 30.6 Å². The van der Waals surface area contributed by atoms with Crippen molar-refractivity contribution in [1.82, 2.24) is 10.2 Å². The van der Waals surface area contributed by atoms with Crippen LogP contribution in [0.2, 0.25) is 0 Å². The molecule has 1 saturated heterocycles. The molecule has 1 aliphatic heterocycles. The number of nitrogens with one attached hydrogen (secondary N) is 1. The van der Waals surface area contributed by atoms with Gasteiger partial charge >= 0.3 is 6.03 Å². The van der Waals surface area contributed by atoms with Gasteiger partial charge in [-0.25, -0.2) is 4.79 Å². The summed E-state index contributed by atoms with van der Waals surface area (Å²) in [7, 11) is 0. The number of furan rings is 1. The lowest BCUT2D eigenvalue weighted by atomic mass is 10.2. The summed E-state index contributed by atoms with van der Waals surface area (Å²) in [6.07, 6.45) is 3.48. The van der Waals surface area contributed by atoms with Gasteiger partial charge in [0.05, 0.1) is 6.26 Å². The SMILES string of the molecule is O=C1NCCCN1CCc1ccco1. The van der Waals surface area contributed by atoms with Crippen LogP contribution in [0.1, 0.15) is 12.2 Å². The number of hydrogen-bond acceptors (Lipinski definition) is 2. The van der Waals surface area contributed by atoms with Gasteiger partial charge in [-0.15, -0.1) is 0 Å². The first-order valence-electron chi connectivity index (χ1n) is 4.91. The van der Waals surface area contributed by atoms with Crippen molar-refractivity contribution in [3.63, 3.8) is 0 Å². The molecule has 76 valence electrons. The normalized spacial score (nSPS) is 16.9. The fraction of sp³-hybridized carbons (Fsp3) is 0.500. The fourth-order valence-electron chi connectivity index (χ4n) is 1.59. The summed E-state index contributed by atoms with van der Waals surface area (Å²) in [6.45, 7) is 2.39. The van der Waals surface area contributed by atoms with E-state index in [2.05, 4.69) is 5.32 Å². The van der Waals surface area contributed by atoms with Crippen molar-refractivity contribution in [3.8, 4) is 0 Å². The zero-order valence-corrected chi connectivity index (χ0v) is 8.03. The van der Waals surface area contributed by atoms with Gasteiger partial charge < -0.3 is 14.6 Å². The Bertz CT molecular complexity index is 295. The van der Waals surface area contributed by atoms with E-state index in [0.717, 1.165) is 38.2 Å². The Morgan fingerprint density at radius 1 is 1.57 bits per heavy atom. The molecule has 4 heteroatoms. The van der Waals surface area contributed by atoms with E-state index in [1.54, 1.807) is 6.26 Å². The highest BCUT2D eigenvalue weighted by Gasteiger charge is 2.16. The topological polar surface area (TPSA) is 45.5 Å². The summed E-state index contributed by atoms with van der Waals surface area (Å²) < 4.78 is 5.20. The van der Waals surface area contributed by atoms with E-state index < -0.39 is 0 Å². The quantitative estimate of drug-likeness (QED) is 0.786. The Balaban J connectivity index is 1.82. The summed E-state index contributed by atoms with van der Waals surface area (Å²) in [5.74, 6) is 0.934. The molecule has 4 nitrogen and oxygen atoms in total. The van der Waals surface area contributed by atoms with Crippen LogP contribution in [0.3, 0.4) is 0 Å². The molecule has 0 unspecified atom stereocenters. The molecular formula is C10H14N2O2. The maximum Gasteiger partial charge on any atom is 0.317 e. The molecule has 1 aromatic rings. The molecule has 0 aliphatic carbocycles. The summed E-state index contributed by atoms with van der Waals surface area (Å²) in [4.78, 5) is 13.2. The first kappa shape index (κ1) is 9.12. The molecule has 14 heavy (non-hydrogen) atoms. The van der Waals surface area contributed by atoms with Gasteiger partial charge in [0.1, 0.15) is 5.76 Å². The smallest absolute Gasteiger partial charge is 0.317 e. The van der Waals surface area contributed by atoms with Gasteiger partial charge in [-0.1, -0.05) is 0 Å². The van der Waals surface area contributed by atoms with Gasteiger partial charge in [0.25, 0.3) is 0 Å². The maximum absolute atomic E-state index is 11.3. The average molecular weight is 194 g/mol. The zero-order valence-electron chi connectivity index (χ0n) is 8.03. The molecule has 0 aromatic carbocycles. The van der Waals surface area contributed by atoms with Crippen molar-refractivity contribution in [2.75, 3.05) is 19.6 Å². The Morgan fingerprint density at radius 2 is 2.50 bits per heavy atom. The predicted octanol–water partition coefficient (Wildman–Crippen LogP) is 1.24. The minimum atomic E-state index is 0.0443. The summed E-state index contributed by atoms with van der Waals surface area (Å²) in [5.41, 5.74) is 0. The molecule has 0 saturated carbocycles. The highest BCUT2D eigenvalue weighted by Crippen LogP contribution is 2.05. The van der Waals surface area contributed by atoms with E-state index >= 15 is 0 Å².